The number of hydrogen-bond donors (Lipinski definition) is 2. The average Bonchev–Trinajstić information content (AvgIpc) is 2.27. The Morgan fingerprint density at radius 3 is 2.44 bits per heavy atom. The molecule has 16 heavy (non-hydrogen) atoms. The first-order valence-electron chi connectivity index (χ1n) is 4.45. The summed E-state index contributed by atoms with van der Waals surface area (Å²) in [6.45, 7) is 0. The predicted octanol–water partition coefficient (Wildman–Crippen LogP) is 1.63. The molecule has 0 aliphatic carbocycles. The van der Waals surface area contributed by atoms with E-state index in [1.807, 2.05) is 0 Å². The van der Waals surface area contributed by atoms with Gasteiger partial charge >= 0.3 is 11.9 Å². The van der Waals surface area contributed by atoms with E-state index in [4.69, 9.17) is 10.2 Å². The van der Waals surface area contributed by atoms with Gasteiger partial charge in [-0.2, -0.15) is 0 Å². The lowest BCUT2D eigenvalue weighted by atomic mass is 10.1. The highest BCUT2D eigenvalue weighted by molar-refractivity contribution is 6.03. The van der Waals surface area contributed by atoms with Crippen molar-refractivity contribution in [3.8, 4) is 0 Å². The molecule has 2 rings (SSSR count). The van der Waals surface area contributed by atoms with Gasteiger partial charge in [-0.3, -0.25) is 0 Å². The monoisotopic (exact) mass is 217 g/mol. The van der Waals surface area contributed by atoms with Gasteiger partial charge in [0, 0.05) is 11.6 Å². The summed E-state index contributed by atoms with van der Waals surface area (Å²) in [7, 11) is 0. The van der Waals surface area contributed by atoms with Crippen LogP contribution < -0.4 is 0 Å². The lowest BCUT2D eigenvalue weighted by molar-refractivity contribution is 0.0685. The number of carboxylic acids is 2. The normalized spacial score (nSPS) is 10.2. The summed E-state index contributed by atoms with van der Waals surface area (Å²) >= 11 is 0. The number of benzene rings is 1. The van der Waals surface area contributed by atoms with Crippen molar-refractivity contribution < 1.29 is 19.8 Å². The maximum Gasteiger partial charge on any atom is 0.355 e. The summed E-state index contributed by atoms with van der Waals surface area (Å²) in [5.41, 5.74) is 0.0458. The second-order valence-corrected chi connectivity index (χ2v) is 3.21. The molecule has 0 amide bonds. The van der Waals surface area contributed by atoms with Gasteiger partial charge in [0.1, 0.15) is 0 Å². The van der Waals surface area contributed by atoms with E-state index < -0.39 is 11.9 Å². The zero-order valence-corrected chi connectivity index (χ0v) is 8.04. The Bertz CT molecular complexity index is 592. The summed E-state index contributed by atoms with van der Waals surface area (Å²) in [6.07, 6.45) is 1.34. The van der Waals surface area contributed by atoms with Gasteiger partial charge < -0.3 is 10.2 Å². The summed E-state index contributed by atoms with van der Waals surface area (Å²) in [6, 6.07) is 5.81. The van der Waals surface area contributed by atoms with E-state index in [0.29, 0.717) is 10.8 Å². The first kappa shape index (κ1) is 10.1. The Morgan fingerprint density at radius 2 is 1.81 bits per heavy atom. The van der Waals surface area contributed by atoms with Gasteiger partial charge in [-0.05, 0) is 23.6 Å². The molecule has 0 atom stereocenters. The topological polar surface area (TPSA) is 87.5 Å². The summed E-state index contributed by atoms with van der Waals surface area (Å²) in [4.78, 5) is 25.3. The Balaban J connectivity index is 2.73. The molecule has 2 aromatic rings. The number of carbonyl (C=O) groups is 2. The predicted molar refractivity (Wildman–Crippen MR) is 55.7 cm³/mol. The summed E-state index contributed by atoms with van der Waals surface area (Å²) < 4.78 is 0. The Kier molecular flexibility index (Phi) is 2.28. The number of nitrogens with zero attached hydrogens (tertiary/aromatic N) is 1. The molecule has 0 saturated heterocycles. The van der Waals surface area contributed by atoms with Crippen LogP contribution in [0.5, 0.6) is 0 Å². The van der Waals surface area contributed by atoms with Crippen LogP contribution in [0, 0.1) is 0 Å². The fourth-order valence-electron chi connectivity index (χ4n) is 1.48. The number of aromatic nitrogens is 1. The van der Waals surface area contributed by atoms with E-state index in [2.05, 4.69) is 4.98 Å². The van der Waals surface area contributed by atoms with Crippen molar-refractivity contribution in [3.63, 3.8) is 0 Å². The van der Waals surface area contributed by atoms with E-state index in [9.17, 15) is 9.59 Å². The molecule has 1 heterocycles. The fraction of sp³-hybridized carbons (Fsp3) is 0. The third-order valence-electron chi connectivity index (χ3n) is 2.21. The molecule has 0 aliphatic heterocycles. The van der Waals surface area contributed by atoms with Crippen LogP contribution in [0.4, 0.5) is 0 Å². The van der Waals surface area contributed by atoms with E-state index in [0.717, 1.165) is 0 Å². The van der Waals surface area contributed by atoms with Crippen LogP contribution in [0.2, 0.25) is 0 Å². The molecular formula is C11H7NO4. The molecular weight excluding hydrogens is 210 g/mol. The molecule has 0 radical (unpaired) electrons. The number of hydrogen-bond acceptors (Lipinski definition) is 3. The number of carboxylic acid groups (broad SMARTS) is 2. The fourth-order valence-corrected chi connectivity index (χ4v) is 1.48. The van der Waals surface area contributed by atoms with Crippen molar-refractivity contribution in [1.82, 2.24) is 4.98 Å². The maximum absolute atomic E-state index is 10.9. The Hall–Kier alpha value is -2.43. The van der Waals surface area contributed by atoms with E-state index in [-0.39, 0.29) is 11.3 Å². The van der Waals surface area contributed by atoms with Gasteiger partial charge in [-0.1, -0.05) is 6.07 Å². The van der Waals surface area contributed by atoms with E-state index in [1.165, 1.54) is 24.4 Å². The number of pyridine rings is 1. The van der Waals surface area contributed by atoms with Crippen LogP contribution in [0.25, 0.3) is 10.8 Å². The largest absolute Gasteiger partial charge is 0.478 e. The van der Waals surface area contributed by atoms with Crippen LogP contribution in [-0.2, 0) is 0 Å². The highest BCUT2D eigenvalue weighted by Gasteiger charge is 2.11. The maximum atomic E-state index is 10.9. The summed E-state index contributed by atoms with van der Waals surface area (Å²) in [5.74, 6) is -2.18. The number of rotatable bonds is 2. The van der Waals surface area contributed by atoms with Crippen LogP contribution in [0.15, 0.2) is 30.5 Å². The number of fused-ring (bicyclic) bond motifs is 1. The van der Waals surface area contributed by atoms with Gasteiger partial charge in [0.05, 0.1) is 5.56 Å². The molecule has 1 aromatic heterocycles. The van der Waals surface area contributed by atoms with Gasteiger partial charge in [0.15, 0.2) is 5.69 Å². The van der Waals surface area contributed by atoms with E-state index >= 15 is 0 Å². The minimum atomic E-state index is -1.13. The molecule has 0 unspecified atom stereocenters. The number of aromatic carboxylic acids is 2. The first-order valence-corrected chi connectivity index (χ1v) is 4.45. The lowest BCUT2D eigenvalue weighted by Gasteiger charge is -2.02. The molecule has 1 aromatic carbocycles. The molecule has 0 spiro atoms. The molecule has 0 aliphatic rings. The smallest absolute Gasteiger partial charge is 0.355 e. The standard InChI is InChI=1S/C11H7NO4/c13-10(14)7-1-2-8-6(5-7)3-4-12-9(8)11(15)16/h1-5H,(H,13,14)(H,15,16). The van der Waals surface area contributed by atoms with Gasteiger partial charge in [0.25, 0.3) is 0 Å². The van der Waals surface area contributed by atoms with Crippen molar-refractivity contribution in [2.24, 2.45) is 0 Å². The van der Waals surface area contributed by atoms with Gasteiger partial charge in [-0.25, -0.2) is 14.6 Å². The molecule has 2 N–H and O–H groups in total. The molecule has 80 valence electrons. The lowest BCUT2D eigenvalue weighted by Crippen LogP contribution is -2.02. The van der Waals surface area contributed by atoms with Crippen molar-refractivity contribution in [2.75, 3.05) is 0 Å². The van der Waals surface area contributed by atoms with Crippen molar-refractivity contribution in [3.05, 3.63) is 41.7 Å². The highest BCUT2D eigenvalue weighted by atomic mass is 16.4. The molecule has 5 nitrogen and oxygen atoms in total. The minimum Gasteiger partial charge on any atom is -0.478 e. The molecule has 5 heteroatoms. The highest BCUT2D eigenvalue weighted by Crippen LogP contribution is 2.18. The quantitative estimate of drug-likeness (QED) is 0.798. The SMILES string of the molecule is O=C(O)c1ccc2c(C(=O)O)nccc2c1. The first-order chi connectivity index (χ1) is 7.59. The van der Waals surface area contributed by atoms with Gasteiger partial charge in [0.2, 0.25) is 0 Å². The van der Waals surface area contributed by atoms with Crippen molar-refractivity contribution >= 4 is 22.7 Å². The second-order valence-electron chi connectivity index (χ2n) is 3.21. The zero-order chi connectivity index (χ0) is 11.7. The zero-order valence-electron chi connectivity index (χ0n) is 8.04. The van der Waals surface area contributed by atoms with E-state index in [1.54, 1.807) is 6.07 Å². The Morgan fingerprint density at radius 1 is 1.06 bits per heavy atom. The minimum absolute atomic E-state index is 0.0746. The third-order valence-corrected chi connectivity index (χ3v) is 2.21. The second kappa shape index (κ2) is 3.62. The van der Waals surface area contributed by atoms with Crippen molar-refractivity contribution in [1.29, 1.82) is 0 Å². The molecule has 0 saturated carbocycles. The van der Waals surface area contributed by atoms with Crippen LogP contribution in [-0.4, -0.2) is 27.1 Å². The van der Waals surface area contributed by atoms with Crippen LogP contribution in [0.3, 0.4) is 0 Å². The Labute approximate surface area is 90.0 Å². The molecule has 0 bridgehead atoms. The summed E-state index contributed by atoms with van der Waals surface area (Å²) in [5, 5.41) is 18.7. The van der Waals surface area contributed by atoms with Gasteiger partial charge in [-0.15, -0.1) is 0 Å². The van der Waals surface area contributed by atoms with Crippen molar-refractivity contribution in [2.45, 2.75) is 0 Å². The average molecular weight is 217 g/mol. The van der Waals surface area contributed by atoms with Crippen LogP contribution >= 0.6 is 0 Å². The van der Waals surface area contributed by atoms with Crippen LogP contribution in [0.1, 0.15) is 20.8 Å². The molecule has 0 fully saturated rings. The third kappa shape index (κ3) is 1.58.